The first-order chi connectivity index (χ1) is 19.2. The SMILES string of the molecule is CCOC(=O)C1=C(C)N=c2s/c(=C\c3ccc(-c4cc([N+](=O)[O-])ccc4Cl)o3)c(=O)n2[C@@H]1c1ccc(SC)cc1. The molecule has 0 N–H and O–H groups in total. The number of non-ortho nitro benzene ring substituents is 1. The van der Waals surface area contributed by atoms with Gasteiger partial charge in [0.25, 0.3) is 11.2 Å². The van der Waals surface area contributed by atoms with Crippen LogP contribution in [0.4, 0.5) is 5.69 Å². The summed E-state index contributed by atoms with van der Waals surface area (Å²) in [6.45, 7) is 3.64. The van der Waals surface area contributed by atoms with Gasteiger partial charge in [-0.05, 0) is 56.0 Å². The fourth-order valence-corrected chi connectivity index (χ4v) is 6.06. The molecule has 0 saturated carbocycles. The Bertz CT molecular complexity index is 1850. The highest BCUT2D eigenvalue weighted by molar-refractivity contribution is 7.98. The molecular formula is C28H22ClN3O6S2. The Morgan fingerprint density at radius 1 is 1.25 bits per heavy atom. The van der Waals surface area contributed by atoms with Crippen molar-refractivity contribution in [2.24, 2.45) is 4.99 Å². The van der Waals surface area contributed by atoms with Crippen LogP contribution in [0, 0.1) is 10.1 Å². The lowest BCUT2D eigenvalue weighted by atomic mass is 9.96. The number of rotatable bonds is 7. The molecule has 0 radical (unpaired) electrons. The van der Waals surface area contributed by atoms with Crippen LogP contribution in [0.1, 0.15) is 31.2 Å². The van der Waals surface area contributed by atoms with E-state index in [9.17, 15) is 19.7 Å². The fraction of sp³-hybridized carbons (Fsp3) is 0.179. The van der Waals surface area contributed by atoms with Crippen LogP contribution in [0.25, 0.3) is 17.4 Å². The maximum atomic E-state index is 13.8. The molecule has 0 fully saturated rings. The number of carbonyl (C=O) groups excluding carboxylic acids is 1. The van der Waals surface area contributed by atoms with Gasteiger partial charge in [0.05, 0.1) is 38.4 Å². The number of fused-ring (bicyclic) bond motifs is 1. The fourth-order valence-electron chi connectivity index (χ4n) is 4.41. The predicted octanol–water partition coefficient (Wildman–Crippen LogP) is 5.34. The van der Waals surface area contributed by atoms with E-state index in [-0.39, 0.29) is 17.9 Å². The molecule has 1 aliphatic heterocycles. The van der Waals surface area contributed by atoms with E-state index >= 15 is 0 Å². The number of nitro groups is 1. The summed E-state index contributed by atoms with van der Waals surface area (Å²) in [4.78, 5) is 43.6. The van der Waals surface area contributed by atoms with E-state index in [0.717, 1.165) is 10.5 Å². The van der Waals surface area contributed by atoms with Crippen LogP contribution in [0.15, 0.2) is 85.0 Å². The Morgan fingerprint density at radius 3 is 2.67 bits per heavy atom. The number of esters is 1. The van der Waals surface area contributed by atoms with Crippen LogP contribution in [-0.2, 0) is 9.53 Å². The highest BCUT2D eigenvalue weighted by Crippen LogP contribution is 2.33. The molecule has 2 aromatic heterocycles. The third kappa shape index (κ3) is 5.15. The normalized spacial score (nSPS) is 15.1. The lowest BCUT2D eigenvalue weighted by molar-refractivity contribution is -0.384. The predicted molar refractivity (Wildman–Crippen MR) is 154 cm³/mol. The van der Waals surface area contributed by atoms with Crippen LogP contribution in [0.3, 0.4) is 0 Å². The number of halogens is 1. The van der Waals surface area contributed by atoms with Crippen molar-refractivity contribution in [2.45, 2.75) is 24.8 Å². The summed E-state index contributed by atoms with van der Waals surface area (Å²) in [5.41, 5.74) is 1.43. The van der Waals surface area contributed by atoms with Crippen LogP contribution in [0.2, 0.25) is 5.02 Å². The molecule has 0 saturated heterocycles. The summed E-state index contributed by atoms with van der Waals surface area (Å²) in [6, 6.07) is 14.3. The second-order valence-corrected chi connectivity index (χ2v) is 11.0. The zero-order chi connectivity index (χ0) is 28.6. The van der Waals surface area contributed by atoms with E-state index in [0.29, 0.717) is 42.7 Å². The maximum Gasteiger partial charge on any atom is 0.338 e. The number of hydrogen-bond donors (Lipinski definition) is 0. The van der Waals surface area contributed by atoms with E-state index < -0.39 is 16.9 Å². The molecule has 2 aromatic carbocycles. The van der Waals surface area contributed by atoms with Gasteiger partial charge in [0, 0.05) is 28.7 Å². The number of thioether (sulfide) groups is 1. The lowest BCUT2D eigenvalue weighted by Gasteiger charge is -2.24. The van der Waals surface area contributed by atoms with Gasteiger partial charge in [0.2, 0.25) is 0 Å². The van der Waals surface area contributed by atoms with Gasteiger partial charge in [-0.2, -0.15) is 0 Å². The number of thiazole rings is 1. The molecule has 0 aliphatic carbocycles. The van der Waals surface area contributed by atoms with Crippen molar-refractivity contribution in [3.05, 3.63) is 112 Å². The lowest BCUT2D eigenvalue weighted by Crippen LogP contribution is -2.39. The second kappa shape index (κ2) is 11.3. The van der Waals surface area contributed by atoms with Crippen LogP contribution < -0.4 is 14.9 Å². The Kier molecular flexibility index (Phi) is 7.79. The average Bonchev–Trinajstić information content (AvgIpc) is 3.52. The van der Waals surface area contributed by atoms with Gasteiger partial charge in [-0.15, -0.1) is 11.8 Å². The van der Waals surface area contributed by atoms with Crippen molar-refractivity contribution in [1.82, 2.24) is 4.57 Å². The summed E-state index contributed by atoms with van der Waals surface area (Å²) in [7, 11) is 0. The first-order valence-electron chi connectivity index (χ1n) is 12.1. The summed E-state index contributed by atoms with van der Waals surface area (Å²) in [6.07, 6.45) is 3.55. The summed E-state index contributed by atoms with van der Waals surface area (Å²) >= 11 is 9.03. The highest BCUT2D eigenvalue weighted by atomic mass is 35.5. The van der Waals surface area contributed by atoms with Crippen LogP contribution >= 0.6 is 34.7 Å². The minimum Gasteiger partial charge on any atom is -0.463 e. The molecule has 204 valence electrons. The number of furan rings is 1. The van der Waals surface area contributed by atoms with Gasteiger partial charge < -0.3 is 9.15 Å². The first kappa shape index (κ1) is 27.6. The maximum absolute atomic E-state index is 13.8. The van der Waals surface area contributed by atoms with Gasteiger partial charge in [0.1, 0.15) is 11.5 Å². The third-order valence-corrected chi connectivity index (χ3v) is 8.33. The molecule has 0 spiro atoms. The minimum atomic E-state index is -0.718. The van der Waals surface area contributed by atoms with Crippen molar-refractivity contribution in [1.29, 1.82) is 0 Å². The molecule has 0 unspecified atom stereocenters. The molecule has 12 heteroatoms. The highest BCUT2D eigenvalue weighted by Gasteiger charge is 2.33. The van der Waals surface area contributed by atoms with Gasteiger partial charge in [-0.1, -0.05) is 35.1 Å². The average molecular weight is 596 g/mol. The number of benzene rings is 2. The monoisotopic (exact) mass is 595 g/mol. The van der Waals surface area contributed by atoms with Crippen LogP contribution in [-0.4, -0.2) is 28.3 Å². The molecule has 1 aliphatic rings. The van der Waals surface area contributed by atoms with Crippen molar-refractivity contribution >= 4 is 52.4 Å². The molecule has 1 atom stereocenters. The van der Waals surface area contributed by atoms with Gasteiger partial charge in [-0.25, -0.2) is 9.79 Å². The van der Waals surface area contributed by atoms with E-state index in [1.165, 1.54) is 34.1 Å². The van der Waals surface area contributed by atoms with Gasteiger partial charge >= 0.3 is 5.97 Å². The number of aromatic nitrogens is 1. The Morgan fingerprint density at radius 2 is 2.00 bits per heavy atom. The standard InChI is InChI=1S/C28H22ClN3O6S2/c1-4-37-27(34)24-15(2)30-28-31(25(24)16-5-9-19(39-3)10-6-16)26(33)23(40-28)14-18-8-12-22(38-18)20-13-17(32(35)36)7-11-21(20)29/h5-14,25H,4H2,1-3H3/b23-14-/t25-/m1/s1. The van der Waals surface area contributed by atoms with E-state index in [1.807, 2.05) is 30.5 Å². The number of allylic oxidation sites excluding steroid dienone is 1. The first-order valence-corrected chi connectivity index (χ1v) is 14.5. The Balaban J connectivity index is 1.62. The smallest absolute Gasteiger partial charge is 0.338 e. The number of carbonyl (C=O) groups is 1. The summed E-state index contributed by atoms with van der Waals surface area (Å²) < 4.78 is 13.1. The summed E-state index contributed by atoms with van der Waals surface area (Å²) in [5, 5.41) is 11.5. The zero-order valence-corrected chi connectivity index (χ0v) is 23.9. The van der Waals surface area contributed by atoms with E-state index in [4.69, 9.17) is 20.8 Å². The molecular weight excluding hydrogens is 574 g/mol. The number of nitrogens with zero attached hydrogens (tertiary/aromatic N) is 3. The summed E-state index contributed by atoms with van der Waals surface area (Å²) in [5.74, 6) is 0.145. The second-order valence-electron chi connectivity index (χ2n) is 8.70. The van der Waals surface area contributed by atoms with Crippen molar-refractivity contribution < 1.29 is 18.9 Å². The number of ether oxygens (including phenoxy) is 1. The number of hydrogen-bond acceptors (Lipinski definition) is 9. The van der Waals surface area contributed by atoms with Gasteiger partial charge in [0.15, 0.2) is 4.80 Å². The van der Waals surface area contributed by atoms with Crippen molar-refractivity contribution in [3.8, 4) is 11.3 Å². The van der Waals surface area contributed by atoms with Crippen molar-refractivity contribution in [3.63, 3.8) is 0 Å². The topological polar surface area (TPSA) is 117 Å². The molecule has 5 rings (SSSR count). The largest absolute Gasteiger partial charge is 0.463 e. The molecule has 40 heavy (non-hydrogen) atoms. The van der Waals surface area contributed by atoms with Gasteiger partial charge in [-0.3, -0.25) is 19.5 Å². The molecule has 4 aromatic rings. The van der Waals surface area contributed by atoms with E-state index in [1.54, 1.807) is 43.8 Å². The molecule has 0 amide bonds. The van der Waals surface area contributed by atoms with E-state index in [2.05, 4.69) is 4.99 Å². The Hall–Kier alpha value is -3.93. The molecule has 3 heterocycles. The third-order valence-electron chi connectivity index (χ3n) is 6.27. The van der Waals surface area contributed by atoms with Crippen LogP contribution in [0.5, 0.6) is 0 Å². The van der Waals surface area contributed by atoms with Crippen molar-refractivity contribution in [2.75, 3.05) is 12.9 Å². The number of nitro benzene ring substituents is 1. The zero-order valence-electron chi connectivity index (χ0n) is 21.5. The minimum absolute atomic E-state index is 0.121. The molecule has 9 nitrogen and oxygen atoms in total. The Labute approximate surface area is 241 Å². The molecule has 0 bridgehead atoms. The quantitative estimate of drug-likeness (QED) is 0.122.